The molecule has 1 N–H and O–H groups in total. The van der Waals surface area contributed by atoms with Gasteiger partial charge in [-0.15, -0.1) is 10.2 Å². The summed E-state index contributed by atoms with van der Waals surface area (Å²) >= 11 is 0. The lowest BCUT2D eigenvalue weighted by molar-refractivity contribution is 0.102. The Morgan fingerprint density at radius 3 is 2.48 bits per heavy atom. The molecule has 2 aromatic carbocycles. The van der Waals surface area contributed by atoms with Crippen molar-refractivity contribution in [2.24, 2.45) is 0 Å². The smallest absolute Gasteiger partial charge is 0.255 e. The van der Waals surface area contributed by atoms with Gasteiger partial charge in [-0.05, 0) is 36.4 Å². The average molecular weight is 420 g/mol. The Kier molecular flexibility index (Phi) is 6.28. The van der Waals surface area contributed by atoms with Crippen molar-refractivity contribution in [1.29, 1.82) is 0 Å². The summed E-state index contributed by atoms with van der Waals surface area (Å²) in [6.07, 6.45) is 0. The van der Waals surface area contributed by atoms with E-state index >= 15 is 0 Å². The summed E-state index contributed by atoms with van der Waals surface area (Å²) in [4.78, 5) is 14.9. The van der Waals surface area contributed by atoms with Crippen LogP contribution >= 0.6 is 0 Å². The third-order valence-electron chi connectivity index (χ3n) is 5.05. The molecule has 0 unspecified atom stereocenters. The van der Waals surface area contributed by atoms with E-state index in [1.54, 1.807) is 44.6 Å². The van der Waals surface area contributed by atoms with Crippen LogP contribution in [-0.2, 0) is 4.74 Å². The molecule has 0 atom stereocenters. The lowest BCUT2D eigenvalue weighted by atomic mass is 10.1. The number of morpholine rings is 1. The summed E-state index contributed by atoms with van der Waals surface area (Å²) in [6, 6.07) is 16.4. The van der Waals surface area contributed by atoms with E-state index in [1.807, 2.05) is 24.3 Å². The zero-order valence-corrected chi connectivity index (χ0v) is 17.5. The number of hydrogen-bond donors (Lipinski definition) is 1. The predicted molar refractivity (Wildman–Crippen MR) is 118 cm³/mol. The number of hydrogen-bond acceptors (Lipinski definition) is 7. The maximum Gasteiger partial charge on any atom is 0.255 e. The van der Waals surface area contributed by atoms with Crippen LogP contribution in [-0.4, -0.2) is 56.6 Å². The molecular weight excluding hydrogens is 396 g/mol. The molecule has 0 aliphatic carbocycles. The second-order valence-corrected chi connectivity index (χ2v) is 6.98. The number of amides is 1. The van der Waals surface area contributed by atoms with E-state index in [9.17, 15) is 4.79 Å². The monoisotopic (exact) mass is 420 g/mol. The molecule has 160 valence electrons. The van der Waals surface area contributed by atoms with Crippen molar-refractivity contribution in [2.45, 2.75) is 0 Å². The zero-order valence-electron chi connectivity index (χ0n) is 17.5. The summed E-state index contributed by atoms with van der Waals surface area (Å²) in [5.74, 6) is 1.74. The Balaban J connectivity index is 1.49. The van der Waals surface area contributed by atoms with Gasteiger partial charge in [-0.3, -0.25) is 4.79 Å². The molecule has 8 heteroatoms. The van der Waals surface area contributed by atoms with Gasteiger partial charge in [0.05, 0.1) is 33.1 Å². The van der Waals surface area contributed by atoms with Crippen molar-refractivity contribution >= 4 is 17.4 Å². The van der Waals surface area contributed by atoms with Crippen LogP contribution in [0.5, 0.6) is 11.5 Å². The number of aromatic nitrogens is 2. The summed E-state index contributed by atoms with van der Waals surface area (Å²) in [6.45, 7) is 3.00. The number of nitrogens with one attached hydrogen (secondary N) is 1. The van der Waals surface area contributed by atoms with Gasteiger partial charge in [-0.2, -0.15) is 0 Å². The van der Waals surface area contributed by atoms with Crippen LogP contribution in [0.2, 0.25) is 0 Å². The molecule has 31 heavy (non-hydrogen) atoms. The zero-order chi connectivity index (χ0) is 21.6. The number of rotatable bonds is 6. The van der Waals surface area contributed by atoms with Crippen LogP contribution < -0.4 is 19.7 Å². The Morgan fingerprint density at radius 2 is 1.77 bits per heavy atom. The molecule has 3 aromatic rings. The van der Waals surface area contributed by atoms with E-state index in [2.05, 4.69) is 20.4 Å². The van der Waals surface area contributed by atoms with Gasteiger partial charge >= 0.3 is 0 Å². The summed E-state index contributed by atoms with van der Waals surface area (Å²) in [5, 5.41) is 11.6. The fourth-order valence-electron chi connectivity index (χ4n) is 3.38. The van der Waals surface area contributed by atoms with E-state index in [0.29, 0.717) is 41.7 Å². The van der Waals surface area contributed by atoms with Crippen LogP contribution in [0.25, 0.3) is 11.3 Å². The van der Waals surface area contributed by atoms with Crippen molar-refractivity contribution in [3.05, 3.63) is 60.2 Å². The minimum absolute atomic E-state index is 0.230. The van der Waals surface area contributed by atoms with Gasteiger partial charge in [0.15, 0.2) is 17.3 Å². The first-order valence-electron chi connectivity index (χ1n) is 9.98. The van der Waals surface area contributed by atoms with Gasteiger partial charge in [0.25, 0.3) is 5.91 Å². The lowest BCUT2D eigenvalue weighted by Gasteiger charge is -2.27. The van der Waals surface area contributed by atoms with Crippen LogP contribution in [0.4, 0.5) is 11.5 Å². The molecule has 0 bridgehead atoms. The van der Waals surface area contributed by atoms with Gasteiger partial charge < -0.3 is 24.4 Å². The van der Waals surface area contributed by atoms with Crippen molar-refractivity contribution in [2.75, 3.05) is 50.7 Å². The van der Waals surface area contributed by atoms with Crippen molar-refractivity contribution in [1.82, 2.24) is 10.2 Å². The molecule has 8 nitrogen and oxygen atoms in total. The van der Waals surface area contributed by atoms with Gasteiger partial charge in [0, 0.05) is 36.0 Å². The Morgan fingerprint density at radius 1 is 0.968 bits per heavy atom. The summed E-state index contributed by atoms with van der Waals surface area (Å²) in [5.41, 5.74) is 2.66. The first-order chi connectivity index (χ1) is 15.2. The Labute approximate surface area is 180 Å². The highest BCUT2D eigenvalue weighted by Crippen LogP contribution is 2.30. The minimum Gasteiger partial charge on any atom is -0.493 e. The van der Waals surface area contributed by atoms with E-state index < -0.39 is 0 Å². The highest BCUT2D eigenvalue weighted by molar-refractivity contribution is 6.05. The summed E-state index contributed by atoms with van der Waals surface area (Å²) in [7, 11) is 3.12. The van der Waals surface area contributed by atoms with Gasteiger partial charge in [-0.25, -0.2) is 0 Å². The normalized spacial score (nSPS) is 13.5. The topological polar surface area (TPSA) is 85.8 Å². The number of benzene rings is 2. The van der Waals surface area contributed by atoms with Gasteiger partial charge in [0.2, 0.25) is 0 Å². The molecular formula is C23H24N4O4. The Hall–Kier alpha value is -3.65. The van der Waals surface area contributed by atoms with Crippen molar-refractivity contribution in [3.63, 3.8) is 0 Å². The highest BCUT2D eigenvalue weighted by Gasteiger charge is 2.14. The standard InChI is InChI=1S/C23H24N4O4/c1-29-20-8-6-18(15-21(20)30-2)24-23(28)17-5-3-4-16(14-17)19-7-9-22(26-25-19)27-10-12-31-13-11-27/h3-9,14-15H,10-13H2,1-2H3,(H,24,28). The molecule has 1 fully saturated rings. The third kappa shape index (κ3) is 4.75. The highest BCUT2D eigenvalue weighted by atomic mass is 16.5. The fraction of sp³-hybridized carbons (Fsp3) is 0.261. The minimum atomic E-state index is -0.230. The van der Waals surface area contributed by atoms with Crippen molar-refractivity contribution in [3.8, 4) is 22.8 Å². The Bertz CT molecular complexity index is 1050. The van der Waals surface area contributed by atoms with E-state index in [-0.39, 0.29) is 5.91 Å². The quantitative estimate of drug-likeness (QED) is 0.655. The van der Waals surface area contributed by atoms with Crippen LogP contribution in [0.15, 0.2) is 54.6 Å². The first kappa shape index (κ1) is 20.6. The molecule has 0 radical (unpaired) electrons. The van der Waals surface area contributed by atoms with Crippen LogP contribution in [0, 0.1) is 0 Å². The molecule has 1 aliphatic heterocycles. The first-order valence-corrected chi connectivity index (χ1v) is 9.98. The molecule has 1 aliphatic rings. The maximum absolute atomic E-state index is 12.8. The molecule has 0 saturated carbocycles. The van der Waals surface area contributed by atoms with Crippen LogP contribution in [0.3, 0.4) is 0 Å². The molecule has 4 rings (SSSR count). The fourth-order valence-corrected chi connectivity index (χ4v) is 3.38. The number of carbonyl (C=O) groups is 1. The van der Waals surface area contributed by atoms with Gasteiger partial charge in [0.1, 0.15) is 0 Å². The van der Waals surface area contributed by atoms with Crippen molar-refractivity contribution < 1.29 is 19.0 Å². The largest absolute Gasteiger partial charge is 0.493 e. The van der Waals surface area contributed by atoms with Crippen LogP contribution in [0.1, 0.15) is 10.4 Å². The van der Waals surface area contributed by atoms with E-state index in [0.717, 1.165) is 24.5 Å². The predicted octanol–water partition coefficient (Wildman–Crippen LogP) is 3.25. The molecule has 0 spiro atoms. The number of carbonyl (C=O) groups excluding carboxylic acids is 1. The third-order valence-corrected chi connectivity index (χ3v) is 5.05. The van der Waals surface area contributed by atoms with E-state index in [4.69, 9.17) is 14.2 Å². The van der Waals surface area contributed by atoms with Gasteiger partial charge in [-0.1, -0.05) is 12.1 Å². The summed E-state index contributed by atoms with van der Waals surface area (Å²) < 4.78 is 15.9. The maximum atomic E-state index is 12.8. The SMILES string of the molecule is COc1ccc(NC(=O)c2cccc(-c3ccc(N4CCOCC4)nn3)c2)cc1OC. The van der Waals surface area contributed by atoms with E-state index in [1.165, 1.54) is 0 Å². The second-order valence-electron chi connectivity index (χ2n) is 6.98. The lowest BCUT2D eigenvalue weighted by Crippen LogP contribution is -2.36. The molecule has 1 amide bonds. The molecule has 1 saturated heterocycles. The number of methoxy groups -OCH3 is 2. The molecule has 2 heterocycles. The number of anilines is 2. The average Bonchev–Trinajstić information content (AvgIpc) is 2.84. The molecule has 1 aromatic heterocycles. The second kappa shape index (κ2) is 9.44. The number of ether oxygens (including phenoxy) is 3. The number of nitrogens with zero attached hydrogens (tertiary/aromatic N) is 3.